The number of nitriles is 1. The molecule has 10 heteroatoms. The fraction of sp³-hybridized carbons (Fsp3) is 0.211. The average molecular weight is 398 g/mol. The number of aromatic amines is 1. The maximum atomic E-state index is 13.8. The lowest BCUT2D eigenvalue weighted by atomic mass is 10.1. The number of nitrogens with one attached hydrogen (secondary N) is 2. The Morgan fingerprint density at radius 2 is 2.00 bits per heavy atom. The molecule has 29 heavy (non-hydrogen) atoms. The maximum absolute atomic E-state index is 13.8. The molecule has 0 aliphatic carbocycles. The number of carbonyl (C=O) groups is 2. The second-order valence-corrected chi connectivity index (χ2v) is 6.45. The van der Waals surface area contributed by atoms with Gasteiger partial charge in [0.25, 0.3) is 5.91 Å². The maximum Gasteiger partial charge on any atom is 0.269 e. The molecule has 1 amide bonds. The van der Waals surface area contributed by atoms with Crippen molar-refractivity contribution in [2.45, 2.75) is 26.4 Å². The molecule has 2 aromatic heterocycles. The van der Waals surface area contributed by atoms with Crippen molar-refractivity contribution in [1.29, 1.82) is 5.26 Å². The molecule has 0 bridgehead atoms. The highest BCUT2D eigenvalue weighted by Gasteiger charge is 2.16. The Bertz CT molecular complexity index is 1100. The number of hydrogen-bond donors (Lipinski definition) is 2. The normalized spacial score (nSPS) is 11.7. The van der Waals surface area contributed by atoms with Gasteiger partial charge in [-0.25, -0.2) is 8.78 Å². The van der Waals surface area contributed by atoms with Crippen LogP contribution in [0.5, 0.6) is 0 Å². The van der Waals surface area contributed by atoms with Gasteiger partial charge in [-0.2, -0.15) is 15.5 Å². The van der Waals surface area contributed by atoms with Crippen LogP contribution >= 0.6 is 0 Å². The predicted octanol–water partition coefficient (Wildman–Crippen LogP) is 2.44. The van der Waals surface area contributed by atoms with Gasteiger partial charge in [-0.15, -0.1) is 0 Å². The van der Waals surface area contributed by atoms with Crippen molar-refractivity contribution in [3.8, 4) is 17.3 Å². The lowest BCUT2D eigenvalue weighted by Crippen LogP contribution is -2.36. The van der Waals surface area contributed by atoms with Crippen molar-refractivity contribution >= 4 is 11.7 Å². The number of rotatable bonds is 6. The van der Waals surface area contributed by atoms with Gasteiger partial charge in [0.1, 0.15) is 34.7 Å². The third-order valence-corrected chi connectivity index (χ3v) is 4.11. The molecule has 8 nitrogen and oxygen atoms in total. The van der Waals surface area contributed by atoms with E-state index in [4.69, 9.17) is 5.26 Å². The van der Waals surface area contributed by atoms with Crippen molar-refractivity contribution in [2.24, 2.45) is 0 Å². The van der Waals surface area contributed by atoms with E-state index in [2.05, 4.69) is 20.6 Å². The Kier molecular flexibility index (Phi) is 5.50. The highest BCUT2D eigenvalue weighted by atomic mass is 19.1. The first-order valence-corrected chi connectivity index (χ1v) is 8.58. The van der Waals surface area contributed by atoms with Crippen LogP contribution in [0.2, 0.25) is 0 Å². The van der Waals surface area contributed by atoms with Crippen LogP contribution in [0.4, 0.5) is 8.78 Å². The Labute approximate surface area is 164 Å². The highest BCUT2D eigenvalue weighted by Crippen LogP contribution is 2.22. The molecule has 0 fully saturated rings. The number of benzene rings is 1. The van der Waals surface area contributed by atoms with Gasteiger partial charge in [0.15, 0.2) is 5.78 Å². The molecule has 2 heterocycles. The summed E-state index contributed by atoms with van der Waals surface area (Å²) in [6, 6.07) is 6.16. The van der Waals surface area contributed by atoms with Gasteiger partial charge in [0, 0.05) is 24.7 Å². The zero-order chi connectivity index (χ0) is 21.1. The van der Waals surface area contributed by atoms with E-state index in [0.717, 1.165) is 12.1 Å². The van der Waals surface area contributed by atoms with E-state index in [1.54, 1.807) is 19.2 Å². The van der Waals surface area contributed by atoms with Crippen LogP contribution in [0.3, 0.4) is 0 Å². The summed E-state index contributed by atoms with van der Waals surface area (Å²) in [5.74, 6) is -2.60. The lowest BCUT2D eigenvalue weighted by Gasteiger charge is -2.13. The number of ketones is 1. The second-order valence-electron chi connectivity index (χ2n) is 6.45. The van der Waals surface area contributed by atoms with Crippen LogP contribution in [0.1, 0.15) is 40.4 Å². The number of halogens is 2. The molecule has 1 unspecified atom stereocenters. The molecule has 148 valence electrons. The number of Topliss-reactive ketones (excluding diaryl/α,β-unsaturated/α-hetero) is 1. The van der Waals surface area contributed by atoms with Crippen molar-refractivity contribution in [1.82, 2.24) is 25.3 Å². The molecular weight excluding hydrogens is 382 g/mol. The molecule has 3 rings (SSSR count). The standard InChI is InChI=1S/C19H16F2N6O2/c1-10(23-19(29)18-7-17(11(2)28)24-25-18)9-27-4-3-16(26-27)12-5-14(20)13(8-22)15(21)6-12/h3-7,10H,9H2,1-2H3,(H,23,29)(H,24,25). The fourth-order valence-electron chi connectivity index (χ4n) is 2.69. The van der Waals surface area contributed by atoms with Crippen LogP contribution in [0.15, 0.2) is 30.5 Å². The molecule has 0 spiro atoms. The summed E-state index contributed by atoms with van der Waals surface area (Å²) in [5.41, 5.74) is 0.207. The molecule has 0 saturated heterocycles. The predicted molar refractivity (Wildman–Crippen MR) is 97.8 cm³/mol. The molecule has 1 aromatic carbocycles. The SMILES string of the molecule is CC(=O)c1cc(C(=O)NC(C)Cn2ccc(-c3cc(F)c(C#N)c(F)c3)n2)[nH]n1. The number of amides is 1. The van der Waals surface area contributed by atoms with Gasteiger partial charge in [0.05, 0.1) is 12.2 Å². The van der Waals surface area contributed by atoms with Crippen LogP contribution in [-0.2, 0) is 6.54 Å². The average Bonchev–Trinajstić information content (AvgIpc) is 3.31. The topological polar surface area (TPSA) is 116 Å². The molecule has 0 radical (unpaired) electrons. The lowest BCUT2D eigenvalue weighted by molar-refractivity contribution is 0.0930. The summed E-state index contributed by atoms with van der Waals surface area (Å²) in [7, 11) is 0. The Morgan fingerprint density at radius 3 is 2.59 bits per heavy atom. The second kappa shape index (κ2) is 8.02. The van der Waals surface area contributed by atoms with Crippen LogP contribution in [-0.4, -0.2) is 37.7 Å². The van der Waals surface area contributed by atoms with Crippen LogP contribution < -0.4 is 5.32 Å². The monoisotopic (exact) mass is 398 g/mol. The van der Waals surface area contributed by atoms with Gasteiger partial charge in [-0.3, -0.25) is 19.4 Å². The molecule has 3 aromatic rings. The zero-order valence-corrected chi connectivity index (χ0v) is 15.5. The van der Waals surface area contributed by atoms with E-state index >= 15 is 0 Å². The minimum atomic E-state index is -0.956. The minimum Gasteiger partial charge on any atom is -0.346 e. The Balaban J connectivity index is 1.67. The highest BCUT2D eigenvalue weighted by molar-refractivity contribution is 5.97. The summed E-state index contributed by atoms with van der Waals surface area (Å²) >= 11 is 0. The molecule has 1 atom stereocenters. The van der Waals surface area contributed by atoms with E-state index in [1.807, 2.05) is 0 Å². The molecule has 0 aliphatic rings. The molecule has 2 N–H and O–H groups in total. The van der Waals surface area contributed by atoms with Crippen LogP contribution in [0.25, 0.3) is 11.3 Å². The van der Waals surface area contributed by atoms with Crippen LogP contribution in [0, 0.1) is 23.0 Å². The quantitative estimate of drug-likeness (QED) is 0.619. The first-order chi connectivity index (χ1) is 13.8. The summed E-state index contributed by atoms with van der Waals surface area (Å²) < 4.78 is 29.1. The third-order valence-electron chi connectivity index (χ3n) is 4.11. The Morgan fingerprint density at radius 1 is 1.31 bits per heavy atom. The smallest absolute Gasteiger partial charge is 0.269 e. The van der Waals surface area contributed by atoms with E-state index in [0.29, 0.717) is 12.2 Å². The number of nitrogens with zero attached hydrogens (tertiary/aromatic N) is 4. The molecule has 0 saturated carbocycles. The summed E-state index contributed by atoms with van der Waals surface area (Å²) in [6.45, 7) is 3.39. The van der Waals surface area contributed by atoms with E-state index in [9.17, 15) is 18.4 Å². The minimum absolute atomic E-state index is 0.159. The number of carbonyl (C=O) groups excluding carboxylic acids is 2. The first-order valence-electron chi connectivity index (χ1n) is 8.58. The molecule has 0 aliphatic heterocycles. The van der Waals surface area contributed by atoms with Gasteiger partial charge in [0.2, 0.25) is 0 Å². The number of hydrogen-bond acceptors (Lipinski definition) is 5. The van der Waals surface area contributed by atoms with Gasteiger partial charge >= 0.3 is 0 Å². The van der Waals surface area contributed by atoms with Crippen molar-refractivity contribution < 1.29 is 18.4 Å². The van der Waals surface area contributed by atoms with Gasteiger partial charge in [-0.1, -0.05) is 0 Å². The fourth-order valence-corrected chi connectivity index (χ4v) is 2.69. The number of aromatic nitrogens is 4. The van der Waals surface area contributed by atoms with E-state index in [-0.39, 0.29) is 28.8 Å². The third kappa shape index (κ3) is 4.35. The van der Waals surface area contributed by atoms with Crippen molar-refractivity contribution in [3.05, 3.63) is 59.0 Å². The van der Waals surface area contributed by atoms with Gasteiger partial charge in [-0.05, 0) is 31.2 Å². The van der Waals surface area contributed by atoms with Gasteiger partial charge < -0.3 is 5.32 Å². The summed E-state index contributed by atoms with van der Waals surface area (Å²) in [6.07, 6.45) is 1.61. The van der Waals surface area contributed by atoms with E-state index < -0.39 is 23.1 Å². The number of H-pyrrole nitrogens is 1. The first kappa shape index (κ1) is 19.9. The zero-order valence-electron chi connectivity index (χ0n) is 15.5. The Hall–Kier alpha value is -3.87. The molecular formula is C19H16F2N6O2. The van der Waals surface area contributed by atoms with Crippen molar-refractivity contribution in [2.75, 3.05) is 0 Å². The summed E-state index contributed by atoms with van der Waals surface area (Å²) in [4.78, 5) is 23.5. The van der Waals surface area contributed by atoms with Crippen molar-refractivity contribution in [3.63, 3.8) is 0 Å². The summed E-state index contributed by atoms with van der Waals surface area (Å²) in [5, 5.41) is 22.0. The largest absolute Gasteiger partial charge is 0.346 e. The van der Waals surface area contributed by atoms with E-state index in [1.165, 1.54) is 23.7 Å².